The van der Waals surface area contributed by atoms with Crippen LogP contribution in [0.1, 0.15) is 61.0 Å². The standard InChI is InChI=1S/C31H40N6O4/c1-20(17-32)35-37(19-38)22-13-11-21(12-14-22)30(39)34-27-10-6-4-8-25(27)31(40)36-16-15-24-28(18-41-2)33-26-9-5-3-7-23(26)29(24)36/h3,5,7,9,11-14,19,24-25,27-29,33H,4,6,8,10,15-18,32H2,1-2H3,(H,34,39)/b35-20-/t24-,25+,27-,28+,29+/m1/s1. The number of rotatable bonds is 9. The molecule has 1 saturated heterocycles. The number of methoxy groups -OCH3 is 1. The number of nitrogens with zero attached hydrogens (tertiary/aromatic N) is 3. The summed E-state index contributed by atoms with van der Waals surface area (Å²) >= 11 is 0. The van der Waals surface area contributed by atoms with Crippen LogP contribution in [0.3, 0.4) is 0 Å². The van der Waals surface area contributed by atoms with Gasteiger partial charge in [0.2, 0.25) is 12.3 Å². The fourth-order valence-corrected chi connectivity index (χ4v) is 6.62. The number of ether oxygens (including phenoxy) is 1. The molecule has 3 amide bonds. The van der Waals surface area contributed by atoms with E-state index >= 15 is 0 Å². The van der Waals surface area contributed by atoms with E-state index < -0.39 is 0 Å². The van der Waals surface area contributed by atoms with Crippen molar-refractivity contribution >= 4 is 35.3 Å². The van der Waals surface area contributed by atoms with Crippen LogP contribution in [0.15, 0.2) is 53.6 Å². The zero-order chi connectivity index (χ0) is 28.9. The summed E-state index contributed by atoms with van der Waals surface area (Å²) in [7, 11) is 1.72. The number of fused-ring (bicyclic) bond motifs is 3. The number of benzene rings is 2. The van der Waals surface area contributed by atoms with Gasteiger partial charge in [0.25, 0.3) is 5.91 Å². The molecule has 5 atom stereocenters. The molecule has 218 valence electrons. The largest absolute Gasteiger partial charge is 0.383 e. The number of amides is 3. The van der Waals surface area contributed by atoms with Gasteiger partial charge in [-0.3, -0.25) is 14.4 Å². The van der Waals surface area contributed by atoms with Crippen LogP contribution < -0.4 is 21.4 Å². The van der Waals surface area contributed by atoms with Crippen molar-refractivity contribution in [1.82, 2.24) is 10.2 Å². The van der Waals surface area contributed by atoms with Crippen LogP contribution in [-0.2, 0) is 14.3 Å². The van der Waals surface area contributed by atoms with Crippen molar-refractivity contribution in [2.45, 2.75) is 57.2 Å². The van der Waals surface area contributed by atoms with E-state index in [1.54, 1.807) is 38.3 Å². The molecular formula is C31H40N6O4. The van der Waals surface area contributed by atoms with E-state index in [0.29, 0.717) is 36.5 Å². The van der Waals surface area contributed by atoms with Crippen molar-refractivity contribution in [2.75, 3.05) is 37.1 Å². The lowest BCUT2D eigenvalue weighted by Gasteiger charge is -2.41. The summed E-state index contributed by atoms with van der Waals surface area (Å²) in [6.07, 6.45) is 4.97. The molecule has 1 aliphatic carbocycles. The molecule has 2 fully saturated rings. The maximum Gasteiger partial charge on any atom is 0.251 e. The van der Waals surface area contributed by atoms with Gasteiger partial charge in [0.05, 0.1) is 30.3 Å². The summed E-state index contributed by atoms with van der Waals surface area (Å²) in [5, 5.41) is 12.2. The highest BCUT2D eigenvalue weighted by atomic mass is 16.5. The first kappa shape index (κ1) is 28.8. The number of nitrogens with two attached hydrogens (primary N) is 1. The lowest BCUT2D eigenvalue weighted by atomic mass is 9.81. The molecule has 5 rings (SSSR count). The van der Waals surface area contributed by atoms with Crippen molar-refractivity contribution in [3.63, 3.8) is 0 Å². The quantitative estimate of drug-likeness (QED) is 0.245. The summed E-state index contributed by atoms with van der Waals surface area (Å²) in [5.74, 6) is -0.103. The Morgan fingerprint density at radius 2 is 1.90 bits per heavy atom. The van der Waals surface area contributed by atoms with E-state index in [1.165, 1.54) is 5.01 Å². The Balaban J connectivity index is 1.31. The van der Waals surface area contributed by atoms with Gasteiger partial charge in [-0.2, -0.15) is 5.10 Å². The number of para-hydroxylation sites is 1. The molecule has 3 aliphatic rings. The van der Waals surface area contributed by atoms with E-state index in [-0.39, 0.29) is 48.3 Å². The molecule has 10 heteroatoms. The first-order valence-electron chi connectivity index (χ1n) is 14.5. The van der Waals surface area contributed by atoms with E-state index in [1.807, 2.05) is 12.1 Å². The minimum absolute atomic E-state index is 0.00254. The number of carbonyl (C=O) groups excluding carboxylic acids is 3. The zero-order valence-electron chi connectivity index (χ0n) is 23.8. The second-order valence-corrected chi connectivity index (χ2v) is 11.2. The molecule has 0 aromatic heterocycles. The Hall–Kier alpha value is -3.76. The van der Waals surface area contributed by atoms with Crippen molar-refractivity contribution in [2.24, 2.45) is 22.7 Å². The van der Waals surface area contributed by atoms with Crippen LogP contribution in [0.25, 0.3) is 0 Å². The number of hydrazone groups is 1. The molecule has 41 heavy (non-hydrogen) atoms. The molecule has 2 aromatic carbocycles. The Labute approximate surface area is 241 Å². The fourth-order valence-electron chi connectivity index (χ4n) is 6.62. The van der Waals surface area contributed by atoms with Crippen molar-refractivity contribution in [3.05, 3.63) is 59.7 Å². The summed E-state index contributed by atoms with van der Waals surface area (Å²) in [5.41, 5.74) is 9.41. The maximum absolute atomic E-state index is 14.2. The van der Waals surface area contributed by atoms with Crippen LogP contribution in [0.2, 0.25) is 0 Å². The van der Waals surface area contributed by atoms with Gasteiger partial charge in [0.15, 0.2) is 0 Å². The van der Waals surface area contributed by atoms with Crippen LogP contribution in [0.5, 0.6) is 0 Å². The lowest BCUT2D eigenvalue weighted by molar-refractivity contribution is -0.139. The smallest absolute Gasteiger partial charge is 0.251 e. The molecule has 0 spiro atoms. The van der Waals surface area contributed by atoms with Gasteiger partial charge in [0.1, 0.15) is 0 Å². The predicted octanol–water partition coefficient (Wildman–Crippen LogP) is 3.30. The summed E-state index contributed by atoms with van der Waals surface area (Å²) in [4.78, 5) is 41.1. The van der Waals surface area contributed by atoms with Gasteiger partial charge in [-0.15, -0.1) is 0 Å². The molecule has 2 aromatic rings. The number of nitrogens with one attached hydrogen (secondary N) is 2. The third kappa shape index (κ3) is 5.99. The molecule has 10 nitrogen and oxygen atoms in total. The van der Waals surface area contributed by atoms with Gasteiger partial charge in [0, 0.05) is 49.1 Å². The number of likely N-dealkylation sites (tertiary alicyclic amines) is 1. The first-order chi connectivity index (χ1) is 19.9. The highest BCUT2D eigenvalue weighted by molar-refractivity contribution is 5.96. The molecule has 0 radical (unpaired) electrons. The number of anilines is 2. The highest BCUT2D eigenvalue weighted by Gasteiger charge is 2.48. The molecule has 1 saturated carbocycles. The fraction of sp³-hybridized carbons (Fsp3) is 0.484. The van der Waals surface area contributed by atoms with E-state index in [0.717, 1.165) is 43.4 Å². The normalized spacial score (nSPS) is 25.5. The number of hydrogen-bond donors (Lipinski definition) is 3. The summed E-state index contributed by atoms with van der Waals surface area (Å²) in [6.45, 7) is 3.26. The van der Waals surface area contributed by atoms with Gasteiger partial charge in [-0.1, -0.05) is 31.0 Å². The molecule has 0 bridgehead atoms. The van der Waals surface area contributed by atoms with Gasteiger partial charge in [-0.05, 0) is 62.1 Å². The molecule has 0 unspecified atom stereocenters. The molecule has 2 heterocycles. The van der Waals surface area contributed by atoms with Gasteiger partial charge in [-0.25, -0.2) is 5.01 Å². The Bertz CT molecular complexity index is 1280. The van der Waals surface area contributed by atoms with Crippen LogP contribution in [-0.4, -0.2) is 67.7 Å². The third-order valence-corrected chi connectivity index (χ3v) is 8.68. The minimum Gasteiger partial charge on any atom is -0.383 e. The molecular weight excluding hydrogens is 520 g/mol. The predicted molar refractivity (Wildman–Crippen MR) is 159 cm³/mol. The van der Waals surface area contributed by atoms with Crippen molar-refractivity contribution in [3.8, 4) is 0 Å². The van der Waals surface area contributed by atoms with Crippen molar-refractivity contribution < 1.29 is 19.1 Å². The van der Waals surface area contributed by atoms with Crippen molar-refractivity contribution in [1.29, 1.82) is 0 Å². The average Bonchev–Trinajstić information content (AvgIpc) is 3.46. The highest BCUT2D eigenvalue weighted by Crippen LogP contribution is 2.47. The average molecular weight is 561 g/mol. The summed E-state index contributed by atoms with van der Waals surface area (Å²) in [6, 6.07) is 14.8. The van der Waals surface area contributed by atoms with E-state index in [9.17, 15) is 14.4 Å². The second-order valence-electron chi connectivity index (χ2n) is 11.2. The van der Waals surface area contributed by atoms with Crippen LogP contribution in [0, 0.1) is 11.8 Å². The Morgan fingerprint density at radius 1 is 1.15 bits per heavy atom. The van der Waals surface area contributed by atoms with E-state index in [2.05, 4.69) is 32.8 Å². The van der Waals surface area contributed by atoms with Gasteiger partial charge >= 0.3 is 0 Å². The van der Waals surface area contributed by atoms with Crippen LogP contribution >= 0.6 is 0 Å². The Morgan fingerprint density at radius 3 is 2.63 bits per heavy atom. The van der Waals surface area contributed by atoms with E-state index in [4.69, 9.17) is 10.5 Å². The van der Waals surface area contributed by atoms with Crippen LogP contribution in [0.4, 0.5) is 11.4 Å². The topological polar surface area (TPSA) is 129 Å². The SMILES string of the molecule is COC[C@@H]1Nc2ccccc2[C@H]2[C@@H]1CCN2C(=O)[C@H]1CCCC[C@H]1NC(=O)c1ccc(N(C=O)/N=C(/C)CN)cc1. The number of carbonyl (C=O) groups is 3. The number of hydrogen-bond acceptors (Lipinski definition) is 7. The summed E-state index contributed by atoms with van der Waals surface area (Å²) < 4.78 is 5.52. The zero-order valence-corrected chi connectivity index (χ0v) is 23.8. The second kappa shape index (κ2) is 12.8. The Kier molecular flexibility index (Phi) is 8.99. The first-order valence-corrected chi connectivity index (χ1v) is 14.5. The molecule has 2 aliphatic heterocycles. The maximum atomic E-state index is 14.2. The molecule has 4 N–H and O–H groups in total. The monoisotopic (exact) mass is 560 g/mol. The lowest BCUT2D eigenvalue weighted by Crippen LogP contribution is -2.50. The van der Waals surface area contributed by atoms with Gasteiger partial charge < -0.3 is 26.0 Å². The third-order valence-electron chi connectivity index (χ3n) is 8.68. The minimum atomic E-state index is -0.271.